The molecule has 0 atom stereocenters. The number of nitrogens with two attached hydrogens (primary N) is 1. The average Bonchev–Trinajstić information content (AvgIpc) is 2.93. The summed E-state index contributed by atoms with van der Waals surface area (Å²) >= 11 is 0. The Kier molecular flexibility index (Phi) is 15.1. The second-order valence-corrected chi connectivity index (χ2v) is 8.46. The van der Waals surface area contributed by atoms with Gasteiger partial charge in [-0.05, 0) is 30.5 Å². The minimum absolute atomic E-state index is 0.511. The smallest absolute Gasteiger partial charge is 0.231 e. The van der Waals surface area contributed by atoms with Gasteiger partial charge in [0.25, 0.3) is 0 Å². The number of benzene rings is 1. The lowest BCUT2D eigenvalue weighted by molar-refractivity contribution is 0.0547. The molecule has 0 unspecified atom stereocenters. The first-order valence-corrected chi connectivity index (χ1v) is 13.2. The van der Waals surface area contributed by atoms with Gasteiger partial charge in [-0.2, -0.15) is 15.0 Å². The molecule has 0 bridgehead atoms. The van der Waals surface area contributed by atoms with Crippen molar-refractivity contribution in [1.29, 1.82) is 0 Å². The Bertz CT molecular complexity index is 880. The summed E-state index contributed by atoms with van der Waals surface area (Å²) in [6, 6.07) is 5.81. The summed E-state index contributed by atoms with van der Waals surface area (Å²) in [5, 5.41) is 6.62. The highest BCUT2D eigenvalue weighted by molar-refractivity contribution is 5.46. The number of ether oxygens (including phenoxy) is 4. The zero-order valence-corrected chi connectivity index (χ0v) is 22.9. The Morgan fingerprint density at radius 1 is 0.811 bits per heavy atom. The molecule has 0 saturated heterocycles. The molecule has 2 aromatic rings. The molecule has 0 amide bonds. The third kappa shape index (κ3) is 11.4. The molecule has 4 N–H and O–H groups in total. The summed E-state index contributed by atoms with van der Waals surface area (Å²) in [7, 11) is 3.25. The molecule has 1 heterocycles. The van der Waals surface area contributed by atoms with Crippen molar-refractivity contribution in [3.05, 3.63) is 23.8 Å². The number of hydrogen-bond donors (Lipinski definition) is 3. The standard InChI is InChI=1S/C26H45N7O4/c1-5-7-13-33(14-8-6-2)26-31-24(28-12-16-37-18-17-36-15-11-27)30-25(32-26)29-20-21-9-10-22(34-3)23(19-21)35-4/h9-10,19H,5-8,11-18,20,27H2,1-4H3,(H2,28,29,30,31,32). The Hall–Kier alpha value is -2.89. The SMILES string of the molecule is CCCCN(CCCC)c1nc(NCCOCCOCCN)nc(NCc2ccc(OC)c(OC)c2)n1. The zero-order chi connectivity index (χ0) is 26.7. The quantitative estimate of drug-likeness (QED) is 0.210. The lowest BCUT2D eigenvalue weighted by atomic mass is 10.2. The number of anilines is 3. The van der Waals surface area contributed by atoms with Gasteiger partial charge < -0.3 is 40.2 Å². The molecule has 0 radical (unpaired) electrons. The molecule has 1 aromatic carbocycles. The third-order valence-electron chi connectivity index (χ3n) is 5.53. The summed E-state index contributed by atoms with van der Waals surface area (Å²) in [5.41, 5.74) is 6.44. The lowest BCUT2D eigenvalue weighted by Gasteiger charge is -2.23. The van der Waals surface area contributed by atoms with Crippen molar-refractivity contribution in [2.24, 2.45) is 5.73 Å². The predicted octanol–water partition coefficient (Wildman–Crippen LogP) is 3.31. The number of unbranched alkanes of at least 4 members (excludes halogenated alkanes) is 2. The lowest BCUT2D eigenvalue weighted by Crippen LogP contribution is -2.28. The first-order chi connectivity index (χ1) is 18.1. The molecule has 0 aliphatic rings. The van der Waals surface area contributed by atoms with E-state index in [1.165, 1.54) is 0 Å². The Morgan fingerprint density at radius 2 is 1.46 bits per heavy atom. The van der Waals surface area contributed by atoms with Crippen LogP contribution in [0.4, 0.5) is 17.8 Å². The van der Waals surface area contributed by atoms with Crippen LogP contribution >= 0.6 is 0 Å². The minimum Gasteiger partial charge on any atom is -0.493 e. The van der Waals surface area contributed by atoms with Crippen molar-refractivity contribution in [3.8, 4) is 11.5 Å². The Balaban J connectivity index is 2.11. The van der Waals surface area contributed by atoms with Crippen LogP contribution in [0.3, 0.4) is 0 Å². The van der Waals surface area contributed by atoms with Crippen LogP contribution in [0.5, 0.6) is 11.5 Å². The molecular formula is C26H45N7O4. The molecule has 208 valence electrons. The maximum Gasteiger partial charge on any atom is 0.231 e. The maximum absolute atomic E-state index is 5.61. The second-order valence-electron chi connectivity index (χ2n) is 8.46. The molecule has 1 aromatic heterocycles. The van der Waals surface area contributed by atoms with E-state index in [4.69, 9.17) is 34.6 Å². The van der Waals surface area contributed by atoms with Gasteiger partial charge >= 0.3 is 0 Å². The minimum atomic E-state index is 0.511. The van der Waals surface area contributed by atoms with Crippen LogP contribution in [0, 0.1) is 0 Å². The summed E-state index contributed by atoms with van der Waals surface area (Å²) in [5.74, 6) is 3.07. The van der Waals surface area contributed by atoms with Gasteiger partial charge in [0.1, 0.15) is 0 Å². The maximum atomic E-state index is 5.61. The van der Waals surface area contributed by atoms with Crippen LogP contribution in [0.2, 0.25) is 0 Å². The number of methoxy groups -OCH3 is 2. The fourth-order valence-corrected chi connectivity index (χ4v) is 3.49. The molecule has 0 aliphatic carbocycles. The van der Waals surface area contributed by atoms with Crippen LogP contribution in [-0.2, 0) is 16.0 Å². The topological polar surface area (TPSA) is 129 Å². The first kappa shape index (κ1) is 30.3. The van der Waals surface area contributed by atoms with Crippen molar-refractivity contribution in [2.45, 2.75) is 46.1 Å². The molecule has 11 heteroatoms. The van der Waals surface area contributed by atoms with Crippen LogP contribution in [0.15, 0.2) is 18.2 Å². The number of nitrogens with zero attached hydrogens (tertiary/aromatic N) is 4. The molecule has 2 rings (SSSR count). The molecule has 11 nitrogen and oxygen atoms in total. The molecule has 37 heavy (non-hydrogen) atoms. The summed E-state index contributed by atoms with van der Waals surface area (Å²) in [6.45, 7) is 9.90. The van der Waals surface area contributed by atoms with Gasteiger partial charge in [-0.15, -0.1) is 0 Å². The highest BCUT2D eigenvalue weighted by Gasteiger charge is 2.14. The van der Waals surface area contributed by atoms with Crippen molar-refractivity contribution >= 4 is 17.8 Å². The first-order valence-electron chi connectivity index (χ1n) is 13.2. The summed E-state index contributed by atoms with van der Waals surface area (Å²) in [6.07, 6.45) is 4.37. The van der Waals surface area contributed by atoms with Gasteiger partial charge in [0.2, 0.25) is 17.8 Å². The van der Waals surface area contributed by atoms with E-state index in [1.807, 2.05) is 18.2 Å². The number of nitrogens with one attached hydrogen (secondary N) is 2. The molecule has 0 spiro atoms. The average molecular weight is 520 g/mol. The van der Waals surface area contributed by atoms with Crippen LogP contribution in [0.1, 0.15) is 45.1 Å². The van der Waals surface area contributed by atoms with E-state index in [9.17, 15) is 0 Å². The molecule has 0 saturated carbocycles. The Morgan fingerprint density at radius 3 is 2.08 bits per heavy atom. The normalized spacial score (nSPS) is 10.8. The van der Waals surface area contributed by atoms with Crippen molar-refractivity contribution in [2.75, 3.05) is 82.4 Å². The highest BCUT2D eigenvalue weighted by Crippen LogP contribution is 2.27. The zero-order valence-electron chi connectivity index (χ0n) is 22.9. The number of rotatable bonds is 21. The van der Waals surface area contributed by atoms with E-state index in [0.29, 0.717) is 75.4 Å². The third-order valence-corrected chi connectivity index (χ3v) is 5.53. The van der Waals surface area contributed by atoms with E-state index < -0.39 is 0 Å². The fourth-order valence-electron chi connectivity index (χ4n) is 3.49. The molecule has 0 fully saturated rings. The number of aromatic nitrogens is 3. The van der Waals surface area contributed by atoms with Crippen LogP contribution in [0.25, 0.3) is 0 Å². The molecule has 0 aliphatic heterocycles. The van der Waals surface area contributed by atoms with E-state index in [2.05, 4.69) is 34.4 Å². The second kappa shape index (κ2) is 18.4. The molecular weight excluding hydrogens is 474 g/mol. The van der Waals surface area contributed by atoms with Gasteiger partial charge in [-0.3, -0.25) is 0 Å². The van der Waals surface area contributed by atoms with E-state index in [0.717, 1.165) is 44.3 Å². The summed E-state index contributed by atoms with van der Waals surface area (Å²) < 4.78 is 21.7. The largest absolute Gasteiger partial charge is 0.493 e. The van der Waals surface area contributed by atoms with Crippen LogP contribution in [-0.4, -0.2) is 81.8 Å². The number of hydrogen-bond acceptors (Lipinski definition) is 11. The predicted molar refractivity (Wildman–Crippen MR) is 148 cm³/mol. The van der Waals surface area contributed by atoms with Crippen LogP contribution < -0.4 is 30.7 Å². The Labute approximate surface area is 221 Å². The van der Waals surface area contributed by atoms with Gasteiger partial charge in [0, 0.05) is 32.7 Å². The van der Waals surface area contributed by atoms with E-state index >= 15 is 0 Å². The van der Waals surface area contributed by atoms with Gasteiger partial charge in [-0.25, -0.2) is 0 Å². The van der Waals surface area contributed by atoms with Gasteiger partial charge in [0.05, 0.1) is 40.6 Å². The van der Waals surface area contributed by atoms with E-state index in [1.54, 1.807) is 14.2 Å². The van der Waals surface area contributed by atoms with Crippen molar-refractivity contribution in [3.63, 3.8) is 0 Å². The highest BCUT2D eigenvalue weighted by atomic mass is 16.5. The van der Waals surface area contributed by atoms with Gasteiger partial charge in [0.15, 0.2) is 11.5 Å². The summed E-state index contributed by atoms with van der Waals surface area (Å²) in [4.78, 5) is 16.3. The monoisotopic (exact) mass is 519 g/mol. The van der Waals surface area contributed by atoms with Gasteiger partial charge in [-0.1, -0.05) is 32.8 Å². The van der Waals surface area contributed by atoms with Crippen molar-refractivity contribution < 1.29 is 18.9 Å². The van der Waals surface area contributed by atoms with Crippen molar-refractivity contribution in [1.82, 2.24) is 15.0 Å². The van der Waals surface area contributed by atoms with E-state index in [-0.39, 0.29) is 0 Å². The fraction of sp³-hybridized carbons (Fsp3) is 0.654.